The number of benzene rings is 2. The number of ether oxygens (including phenoxy) is 2. The van der Waals surface area contributed by atoms with Crippen molar-refractivity contribution in [2.75, 3.05) is 32.1 Å². The highest BCUT2D eigenvalue weighted by Gasteiger charge is 2.13. The van der Waals surface area contributed by atoms with E-state index in [1.54, 1.807) is 7.05 Å². The van der Waals surface area contributed by atoms with Crippen LogP contribution in [0.3, 0.4) is 0 Å². The van der Waals surface area contributed by atoms with E-state index in [0.29, 0.717) is 36.8 Å². The van der Waals surface area contributed by atoms with Crippen molar-refractivity contribution in [2.24, 2.45) is 0 Å². The number of rotatable bonds is 10. The molecule has 0 aliphatic carbocycles. The van der Waals surface area contributed by atoms with E-state index in [-0.39, 0.29) is 30.6 Å². The lowest BCUT2D eigenvalue weighted by molar-refractivity contribution is -0.133. The molecular formula is C21H25FN2O4. The number of para-hydroxylation sites is 2. The van der Waals surface area contributed by atoms with Crippen LogP contribution in [0.25, 0.3) is 0 Å². The molecule has 7 heteroatoms. The van der Waals surface area contributed by atoms with Crippen LogP contribution in [-0.2, 0) is 9.59 Å². The Hall–Kier alpha value is -3.09. The molecule has 2 aromatic carbocycles. The lowest BCUT2D eigenvalue weighted by atomic mass is 10.2. The van der Waals surface area contributed by atoms with E-state index in [1.165, 1.54) is 29.2 Å². The van der Waals surface area contributed by atoms with Gasteiger partial charge in [-0.05, 0) is 49.7 Å². The fourth-order valence-corrected chi connectivity index (χ4v) is 2.48. The van der Waals surface area contributed by atoms with Crippen LogP contribution < -0.4 is 14.8 Å². The van der Waals surface area contributed by atoms with E-state index in [9.17, 15) is 14.0 Å². The Bertz CT molecular complexity index is 780. The molecule has 6 nitrogen and oxygen atoms in total. The molecular weight excluding hydrogens is 363 g/mol. The van der Waals surface area contributed by atoms with Gasteiger partial charge in [0.2, 0.25) is 11.8 Å². The molecule has 0 spiro atoms. The Balaban J connectivity index is 1.70. The molecule has 0 heterocycles. The first kappa shape index (κ1) is 21.2. The second-order valence-electron chi connectivity index (χ2n) is 6.14. The summed E-state index contributed by atoms with van der Waals surface area (Å²) < 4.78 is 24.0. The van der Waals surface area contributed by atoms with E-state index in [0.717, 1.165) is 0 Å². The molecule has 0 aliphatic rings. The predicted octanol–water partition coefficient (Wildman–Crippen LogP) is 3.48. The first-order chi connectivity index (χ1) is 13.5. The number of carbonyl (C=O) groups is 2. The summed E-state index contributed by atoms with van der Waals surface area (Å²) in [5, 5.41) is 2.62. The number of nitrogens with one attached hydrogen (secondary N) is 1. The molecule has 1 N–H and O–H groups in total. The Morgan fingerprint density at radius 3 is 2.32 bits per heavy atom. The minimum absolute atomic E-state index is 0.0791. The minimum Gasteiger partial charge on any atom is -0.490 e. The van der Waals surface area contributed by atoms with Crippen LogP contribution in [-0.4, -0.2) is 43.5 Å². The summed E-state index contributed by atoms with van der Waals surface area (Å²) in [6.45, 7) is 2.73. The summed E-state index contributed by atoms with van der Waals surface area (Å²) >= 11 is 0. The third-order valence-corrected chi connectivity index (χ3v) is 3.88. The molecule has 0 fully saturated rings. The number of hydrogen-bond acceptors (Lipinski definition) is 4. The van der Waals surface area contributed by atoms with E-state index in [4.69, 9.17) is 9.47 Å². The van der Waals surface area contributed by atoms with Crippen molar-refractivity contribution in [3.63, 3.8) is 0 Å². The highest BCUT2D eigenvalue weighted by atomic mass is 19.1. The lowest BCUT2D eigenvalue weighted by Gasteiger charge is -2.17. The third-order valence-electron chi connectivity index (χ3n) is 3.88. The highest BCUT2D eigenvalue weighted by Crippen LogP contribution is 2.26. The highest BCUT2D eigenvalue weighted by molar-refractivity contribution is 5.94. The number of likely N-dealkylation sites (N-methyl/N-ethyl adjacent to an activating group) is 1. The van der Waals surface area contributed by atoms with Gasteiger partial charge in [-0.2, -0.15) is 0 Å². The first-order valence-electron chi connectivity index (χ1n) is 9.13. The van der Waals surface area contributed by atoms with Crippen LogP contribution >= 0.6 is 0 Å². The zero-order valence-corrected chi connectivity index (χ0v) is 16.1. The van der Waals surface area contributed by atoms with Gasteiger partial charge >= 0.3 is 0 Å². The van der Waals surface area contributed by atoms with Gasteiger partial charge in [-0.1, -0.05) is 12.1 Å². The van der Waals surface area contributed by atoms with Gasteiger partial charge in [0.15, 0.2) is 11.5 Å². The molecule has 0 saturated heterocycles. The van der Waals surface area contributed by atoms with Crippen molar-refractivity contribution in [3.05, 3.63) is 54.3 Å². The van der Waals surface area contributed by atoms with Crippen LogP contribution in [0.15, 0.2) is 48.5 Å². The standard InChI is InChI=1S/C21H25FN2O4/c1-3-27-18-7-4-5-8-19(18)28-14-6-9-21(26)24(2)15-20(25)23-17-12-10-16(22)11-13-17/h4-5,7-8,10-13H,3,6,9,14-15H2,1-2H3,(H,23,25). The summed E-state index contributed by atoms with van der Waals surface area (Å²) in [5.41, 5.74) is 0.480. The van der Waals surface area contributed by atoms with Crippen molar-refractivity contribution < 1.29 is 23.5 Å². The maximum Gasteiger partial charge on any atom is 0.243 e. The SMILES string of the molecule is CCOc1ccccc1OCCCC(=O)N(C)CC(=O)Nc1ccc(F)cc1. The summed E-state index contributed by atoms with van der Waals surface area (Å²) in [6.07, 6.45) is 0.778. The van der Waals surface area contributed by atoms with Gasteiger partial charge in [0.1, 0.15) is 5.82 Å². The molecule has 0 aromatic heterocycles. The van der Waals surface area contributed by atoms with E-state index in [2.05, 4.69) is 5.32 Å². The number of amides is 2. The van der Waals surface area contributed by atoms with E-state index >= 15 is 0 Å². The van der Waals surface area contributed by atoms with Crippen LogP contribution in [0, 0.1) is 5.82 Å². The molecule has 0 unspecified atom stereocenters. The number of halogens is 1. The van der Waals surface area contributed by atoms with Crippen molar-refractivity contribution in [2.45, 2.75) is 19.8 Å². The third kappa shape index (κ3) is 6.90. The maximum absolute atomic E-state index is 12.9. The Morgan fingerprint density at radius 2 is 1.68 bits per heavy atom. The number of carbonyl (C=O) groups excluding carboxylic acids is 2. The second kappa shape index (κ2) is 10.9. The molecule has 28 heavy (non-hydrogen) atoms. The van der Waals surface area contributed by atoms with Gasteiger partial charge in [0, 0.05) is 19.2 Å². The topological polar surface area (TPSA) is 67.9 Å². The Morgan fingerprint density at radius 1 is 1.04 bits per heavy atom. The van der Waals surface area contributed by atoms with Gasteiger partial charge in [-0.3, -0.25) is 9.59 Å². The van der Waals surface area contributed by atoms with Crippen LogP contribution in [0.5, 0.6) is 11.5 Å². The van der Waals surface area contributed by atoms with Crippen LogP contribution in [0.4, 0.5) is 10.1 Å². The molecule has 2 rings (SSSR count). The lowest BCUT2D eigenvalue weighted by Crippen LogP contribution is -2.34. The molecule has 150 valence electrons. The fourth-order valence-electron chi connectivity index (χ4n) is 2.48. The molecule has 2 amide bonds. The Labute approximate surface area is 164 Å². The van der Waals surface area contributed by atoms with Crippen molar-refractivity contribution in [3.8, 4) is 11.5 Å². The van der Waals surface area contributed by atoms with Crippen molar-refractivity contribution in [1.82, 2.24) is 4.90 Å². The number of hydrogen-bond donors (Lipinski definition) is 1. The van der Waals surface area contributed by atoms with Gasteiger partial charge in [0.25, 0.3) is 0 Å². The summed E-state index contributed by atoms with van der Waals surface area (Å²) in [7, 11) is 1.57. The number of nitrogens with zero attached hydrogens (tertiary/aromatic N) is 1. The first-order valence-corrected chi connectivity index (χ1v) is 9.13. The average Bonchev–Trinajstić information content (AvgIpc) is 2.68. The quantitative estimate of drug-likeness (QED) is 0.633. The largest absolute Gasteiger partial charge is 0.490 e. The maximum atomic E-state index is 12.9. The van der Waals surface area contributed by atoms with Gasteiger partial charge in [-0.25, -0.2) is 4.39 Å². The predicted molar refractivity (Wildman–Crippen MR) is 105 cm³/mol. The van der Waals surface area contributed by atoms with Crippen LogP contribution in [0.2, 0.25) is 0 Å². The Kier molecular flexibility index (Phi) is 8.27. The smallest absolute Gasteiger partial charge is 0.243 e. The molecule has 0 atom stereocenters. The fraction of sp³-hybridized carbons (Fsp3) is 0.333. The molecule has 0 bridgehead atoms. The second-order valence-corrected chi connectivity index (χ2v) is 6.14. The summed E-state index contributed by atoms with van der Waals surface area (Å²) in [6, 6.07) is 12.8. The normalized spacial score (nSPS) is 10.2. The molecule has 0 saturated carbocycles. The van der Waals surface area contributed by atoms with Crippen LogP contribution in [0.1, 0.15) is 19.8 Å². The zero-order chi connectivity index (χ0) is 20.4. The monoisotopic (exact) mass is 388 g/mol. The van der Waals surface area contributed by atoms with E-state index in [1.807, 2.05) is 31.2 Å². The molecule has 0 radical (unpaired) electrons. The molecule has 2 aromatic rings. The zero-order valence-electron chi connectivity index (χ0n) is 16.1. The molecule has 0 aliphatic heterocycles. The van der Waals surface area contributed by atoms with Gasteiger partial charge < -0.3 is 19.7 Å². The van der Waals surface area contributed by atoms with Crippen molar-refractivity contribution >= 4 is 17.5 Å². The number of anilines is 1. The minimum atomic E-state index is -0.378. The van der Waals surface area contributed by atoms with E-state index < -0.39 is 0 Å². The summed E-state index contributed by atoms with van der Waals surface area (Å²) in [4.78, 5) is 25.5. The van der Waals surface area contributed by atoms with Gasteiger partial charge in [0.05, 0.1) is 19.8 Å². The average molecular weight is 388 g/mol. The van der Waals surface area contributed by atoms with Crippen molar-refractivity contribution in [1.29, 1.82) is 0 Å². The summed E-state index contributed by atoms with van der Waals surface area (Å²) in [5.74, 6) is 0.437. The van der Waals surface area contributed by atoms with Gasteiger partial charge in [-0.15, -0.1) is 0 Å².